The van der Waals surface area contributed by atoms with Crippen molar-refractivity contribution in [3.8, 4) is 5.75 Å². The average molecular weight is 302 g/mol. The van der Waals surface area contributed by atoms with Crippen LogP contribution in [0, 0.1) is 0 Å². The molecule has 0 bridgehead atoms. The molecule has 1 saturated heterocycles. The topological polar surface area (TPSA) is 62.1 Å². The third-order valence-corrected chi connectivity index (χ3v) is 4.28. The minimum Gasteiger partial charge on any atom is -0.493 e. The van der Waals surface area contributed by atoms with E-state index in [0.717, 1.165) is 32.2 Å². The van der Waals surface area contributed by atoms with E-state index in [0.29, 0.717) is 29.2 Å². The molecule has 0 radical (unpaired) electrons. The number of rotatable bonds is 5. The molecule has 0 spiro atoms. The number of hydrogen-bond donors (Lipinski definition) is 1. The summed E-state index contributed by atoms with van der Waals surface area (Å²) < 4.78 is 5.75. The lowest BCUT2D eigenvalue weighted by Gasteiger charge is -2.20. The summed E-state index contributed by atoms with van der Waals surface area (Å²) in [6, 6.07) is 3.62. The highest BCUT2D eigenvalue weighted by atomic mass is 16.5. The third-order valence-electron chi connectivity index (χ3n) is 4.28. The Morgan fingerprint density at radius 3 is 3.09 bits per heavy atom. The van der Waals surface area contributed by atoms with E-state index in [-0.39, 0.29) is 18.6 Å². The van der Waals surface area contributed by atoms with Gasteiger partial charge < -0.3 is 14.7 Å². The maximum atomic E-state index is 12.7. The van der Waals surface area contributed by atoms with Gasteiger partial charge in [0.05, 0.1) is 30.5 Å². The lowest BCUT2D eigenvalue weighted by molar-refractivity contribution is 0.0774. The van der Waals surface area contributed by atoms with Gasteiger partial charge in [-0.15, -0.1) is 0 Å². The van der Waals surface area contributed by atoms with E-state index >= 15 is 0 Å². The van der Waals surface area contributed by atoms with Crippen LogP contribution in [-0.4, -0.2) is 41.3 Å². The van der Waals surface area contributed by atoms with E-state index < -0.39 is 0 Å². The fourth-order valence-corrected chi connectivity index (χ4v) is 3.00. The van der Waals surface area contributed by atoms with Crippen LogP contribution in [-0.2, 0) is 6.61 Å². The number of carbonyl (C=O) groups is 1. The SMILES string of the molecule is CCCCOc1cc2c(cc1CO)C(=O)N1CCC[C@H]1C=N2. The van der Waals surface area contributed by atoms with Gasteiger partial charge in [-0.1, -0.05) is 13.3 Å². The van der Waals surface area contributed by atoms with Gasteiger partial charge in [-0.2, -0.15) is 0 Å². The summed E-state index contributed by atoms with van der Waals surface area (Å²) in [6.45, 7) is 3.34. The molecule has 3 rings (SSSR count). The highest BCUT2D eigenvalue weighted by Crippen LogP contribution is 2.34. The van der Waals surface area contributed by atoms with Crippen molar-refractivity contribution < 1.29 is 14.6 Å². The van der Waals surface area contributed by atoms with E-state index in [4.69, 9.17) is 4.74 Å². The molecule has 1 aromatic rings. The normalized spacial score (nSPS) is 19.8. The van der Waals surface area contributed by atoms with Gasteiger partial charge >= 0.3 is 0 Å². The van der Waals surface area contributed by atoms with Gasteiger partial charge in [-0.05, 0) is 25.3 Å². The molecule has 0 aliphatic carbocycles. The predicted octanol–water partition coefficient (Wildman–Crippen LogP) is 2.68. The number of aliphatic imine (C=N–C) groups is 1. The minimum absolute atomic E-state index is 0.00445. The van der Waals surface area contributed by atoms with Crippen molar-refractivity contribution >= 4 is 17.8 Å². The quantitative estimate of drug-likeness (QED) is 0.851. The summed E-state index contributed by atoms with van der Waals surface area (Å²) in [4.78, 5) is 19.0. The van der Waals surface area contributed by atoms with Crippen molar-refractivity contribution in [1.82, 2.24) is 4.90 Å². The number of amides is 1. The number of nitrogens with zero attached hydrogens (tertiary/aromatic N) is 2. The molecule has 118 valence electrons. The van der Waals surface area contributed by atoms with Gasteiger partial charge in [0.25, 0.3) is 5.91 Å². The summed E-state index contributed by atoms with van der Waals surface area (Å²) in [5.41, 5.74) is 1.85. The average Bonchev–Trinajstić information content (AvgIpc) is 2.96. The molecule has 1 aromatic carbocycles. The molecule has 1 amide bonds. The second-order valence-corrected chi connectivity index (χ2v) is 5.82. The second kappa shape index (κ2) is 6.48. The maximum absolute atomic E-state index is 12.7. The highest BCUT2D eigenvalue weighted by molar-refractivity contribution is 6.03. The van der Waals surface area contributed by atoms with Crippen LogP contribution in [0.5, 0.6) is 5.75 Å². The van der Waals surface area contributed by atoms with E-state index in [1.165, 1.54) is 0 Å². The van der Waals surface area contributed by atoms with Crippen LogP contribution in [0.4, 0.5) is 5.69 Å². The summed E-state index contributed by atoms with van der Waals surface area (Å²) in [5, 5.41) is 9.58. The first-order valence-corrected chi connectivity index (χ1v) is 8.00. The summed E-state index contributed by atoms with van der Waals surface area (Å²) >= 11 is 0. The Bertz CT molecular complexity index is 598. The Morgan fingerprint density at radius 1 is 1.45 bits per heavy atom. The predicted molar refractivity (Wildman–Crippen MR) is 85.0 cm³/mol. The van der Waals surface area contributed by atoms with Gasteiger partial charge in [-0.3, -0.25) is 9.79 Å². The van der Waals surface area contributed by atoms with Crippen molar-refractivity contribution in [3.05, 3.63) is 23.3 Å². The van der Waals surface area contributed by atoms with Crippen LogP contribution in [0.25, 0.3) is 0 Å². The number of fused-ring (bicyclic) bond motifs is 2. The van der Waals surface area contributed by atoms with Crippen LogP contribution in [0.2, 0.25) is 0 Å². The van der Waals surface area contributed by atoms with Gasteiger partial charge in [-0.25, -0.2) is 0 Å². The third kappa shape index (κ3) is 2.73. The van der Waals surface area contributed by atoms with Crippen LogP contribution in [0.15, 0.2) is 17.1 Å². The van der Waals surface area contributed by atoms with Crippen molar-refractivity contribution in [2.75, 3.05) is 13.2 Å². The first kappa shape index (κ1) is 15.0. The fraction of sp³-hybridized carbons (Fsp3) is 0.529. The number of aliphatic hydroxyl groups is 1. The van der Waals surface area contributed by atoms with Crippen LogP contribution < -0.4 is 4.74 Å². The Labute approximate surface area is 130 Å². The smallest absolute Gasteiger partial charge is 0.256 e. The molecule has 0 saturated carbocycles. The fourth-order valence-electron chi connectivity index (χ4n) is 3.00. The summed E-state index contributed by atoms with van der Waals surface area (Å²) in [7, 11) is 0. The van der Waals surface area contributed by atoms with E-state index in [2.05, 4.69) is 11.9 Å². The Hall–Kier alpha value is -1.88. The number of hydrogen-bond acceptors (Lipinski definition) is 4. The number of ether oxygens (including phenoxy) is 1. The molecule has 0 aromatic heterocycles. The minimum atomic E-state index is -0.144. The zero-order valence-electron chi connectivity index (χ0n) is 12.9. The van der Waals surface area contributed by atoms with Gasteiger partial charge in [0.2, 0.25) is 0 Å². The molecular formula is C17H22N2O3. The Morgan fingerprint density at radius 2 is 2.32 bits per heavy atom. The van der Waals surface area contributed by atoms with Crippen molar-refractivity contribution in [1.29, 1.82) is 0 Å². The number of benzene rings is 1. The van der Waals surface area contributed by atoms with E-state index in [9.17, 15) is 9.90 Å². The van der Waals surface area contributed by atoms with Crippen molar-refractivity contribution in [2.45, 2.75) is 45.3 Å². The lowest BCUT2D eigenvalue weighted by Crippen LogP contribution is -2.35. The maximum Gasteiger partial charge on any atom is 0.256 e. The Balaban J connectivity index is 1.95. The number of unbranched alkanes of at least 4 members (excludes halogenated alkanes) is 1. The zero-order valence-corrected chi connectivity index (χ0v) is 12.9. The van der Waals surface area contributed by atoms with Gasteiger partial charge in [0, 0.05) is 24.4 Å². The molecule has 5 nitrogen and oxygen atoms in total. The standard InChI is InChI=1S/C17H22N2O3/c1-2-3-7-22-16-9-15-14(8-12(16)11-20)17(21)19-6-4-5-13(19)10-18-15/h8-10,13,20H,2-7,11H2,1H3/t13-/m0/s1. The first-order valence-electron chi connectivity index (χ1n) is 8.00. The van der Waals surface area contributed by atoms with Crippen LogP contribution in [0.3, 0.4) is 0 Å². The van der Waals surface area contributed by atoms with Crippen molar-refractivity contribution in [3.63, 3.8) is 0 Å². The molecule has 1 fully saturated rings. The summed E-state index contributed by atoms with van der Waals surface area (Å²) in [6.07, 6.45) is 5.86. The van der Waals surface area contributed by atoms with E-state index in [1.807, 2.05) is 11.1 Å². The first-order chi connectivity index (χ1) is 10.7. The van der Waals surface area contributed by atoms with Gasteiger partial charge in [0.1, 0.15) is 5.75 Å². The molecule has 1 N–H and O–H groups in total. The summed E-state index contributed by atoms with van der Waals surface area (Å²) in [5.74, 6) is 0.631. The molecule has 2 aliphatic rings. The lowest BCUT2D eigenvalue weighted by atomic mass is 10.1. The molecule has 1 atom stereocenters. The second-order valence-electron chi connectivity index (χ2n) is 5.82. The Kier molecular flexibility index (Phi) is 4.43. The number of carbonyl (C=O) groups excluding carboxylic acids is 1. The molecule has 2 aliphatic heterocycles. The van der Waals surface area contributed by atoms with Gasteiger partial charge in [0.15, 0.2) is 0 Å². The highest BCUT2D eigenvalue weighted by Gasteiger charge is 2.32. The van der Waals surface area contributed by atoms with Crippen molar-refractivity contribution in [2.24, 2.45) is 4.99 Å². The molecule has 2 heterocycles. The molecule has 22 heavy (non-hydrogen) atoms. The molecule has 5 heteroatoms. The molecular weight excluding hydrogens is 280 g/mol. The molecule has 0 unspecified atom stereocenters. The van der Waals surface area contributed by atoms with E-state index in [1.54, 1.807) is 12.1 Å². The van der Waals surface area contributed by atoms with Crippen LogP contribution >= 0.6 is 0 Å². The largest absolute Gasteiger partial charge is 0.493 e. The number of aliphatic hydroxyl groups excluding tert-OH is 1. The van der Waals surface area contributed by atoms with Crippen LogP contribution in [0.1, 0.15) is 48.5 Å². The zero-order chi connectivity index (χ0) is 15.5. The monoisotopic (exact) mass is 302 g/mol.